The van der Waals surface area contributed by atoms with Crippen molar-refractivity contribution in [1.82, 2.24) is 30.3 Å². The molecule has 0 spiro atoms. The number of nitrogens with zero attached hydrogens (tertiary/aromatic N) is 5. The van der Waals surface area contributed by atoms with Gasteiger partial charge in [-0.25, -0.2) is 0 Å². The molecule has 0 saturated carbocycles. The number of nitrogens with one attached hydrogen (secondary N) is 2. The monoisotopic (exact) mass is 539 g/mol. The lowest BCUT2D eigenvalue weighted by molar-refractivity contribution is 0.245. The van der Waals surface area contributed by atoms with Gasteiger partial charge in [0.2, 0.25) is 0 Å². The summed E-state index contributed by atoms with van der Waals surface area (Å²) in [5, 5.41) is 15.3. The molecule has 3 rings (SSSR count). The van der Waals surface area contributed by atoms with Crippen LogP contribution in [0.15, 0.2) is 41.7 Å². The molecule has 172 valence electrons. The summed E-state index contributed by atoms with van der Waals surface area (Å²) >= 11 is 0. The summed E-state index contributed by atoms with van der Waals surface area (Å²) in [5.41, 5.74) is 1.37. The lowest BCUT2D eigenvalue weighted by Gasteiger charge is -2.29. The van der Waals surface area contributed by atoms with Gasteiger partial charge in [0.15, 0.2) is 5.96 Å². The van der Waals surface area contributed by atoms with E-state index in [1.807, 2.05) is 0 Å². The van der Waals surface area contributed by atoms with Crippen LogP contribution in [0.4, 0.5) is 0 Å². The molecule has 0 amide bonds. The number of hydrogen-bond donors (Lipinski definition) is 2. The molecule has 1 aromatic heterocycles. The van der Waals surface area contributed by atoms with Gasteiger partial charge in [0.05, 0.1) is 6.04 Å². The molecule has 31 heavy (non-hydrogen) atoms. The van der Waals surface area contributed by atoms with Crippen LogP contribution < -0.4 is 10.6 Å². The van der Waals surface area contributed by atoms with Crippen LogP contribution in [0.5, 0.6) is 0 Å². The zero-order valence-electron chi connectivity index (χ0n) is 19.1. The highest BCUT2D eigenvalue weighted by Gasteiger charge is 2.23. The topological polar surface area (TPSA) is 70.4 Å². The normalized spacial score (nSPS) is 15.7. The fourth-order valence-corrected chi connectivity index (χ4v) is 3.86. The van der Waals surface area contributed by atoms with E-state index in [2.05, 4.69) is 81.4 Å². The van der Waals surface area contributed by atoms with Crippen LogP contribution >= 0.6 is 24.0 Å². The van der Waals surface area contributed by atoms with Crippen molar-refractivity contribution in [3.8, 4) is 0 Å². The Bertz CT molecular complexity index is 769. The first kappa shape index (κ1) is 25.6. The predicted molar refractivity (Wildman–Crippen MR) is 138 cm³/mol. The molecule has 7 nitrogen and oxygen atoms in total. The van der Waals surface area contributed by atoms with Crippen LogP contribution in [0.25, 0.3) is 0 Å². The fraction of sp³-hybridized carbons (Fsp3) is 0.609. The molecule has 2 N–H and O–H groups in total. The minimum atomic E-state index is 0. The maximum absolute atomic E-state index is 4.81. The lowest BCUT2D eigenvalue weighted by Crippen LogP contribution is -2.43. The Morgan fingerprint density at radius 2 is 1.87 bits per heavy atom. The predicted octanol–water partition coefficient (Wildman–Crippen LogP) is 3.49. The van der Waals surface area contributed by atoms with Crippen molar-refractivity contribution in [2.75, 3.05) is 32.7 Å². The molecule has 0 aliphatic carbocycles. The molecule has 8 heteroatoms. The number of benzene rings is 1. The Morgan fingerprint density at radius 3 is 2.55 bits per heavy atom. The molecule has 2 heterocycles. The van der Waals surface area contributed by atoms with Gasteiger partial charge in [-0.1, -0.05) is 51.1 Å². The molecule has 1 aliphatic heterocycles. The molecule has 1 unspecified atom stereocenters. The van der Waals surface area contributed by atoms with Crippen molar-refractivity contribution in [1.29, 1.82) is 0 Å². The molecule has 0 bridgehead atoms. The second-order valence-electron chi connectivity index (χ2n) is 8.35. The number of aliphatic imine (C=N–C) groups is 1. The van der Waals surface area contributed by atoms with E-state index in [4.69, 9.17) is 4.99 Å². The quantitative estimate of drug-likeness (QED) is 0.275. The van der Waals surface area contributed by atoms with Gasteiger partial charge in [-0.3, -0.25) is 9.89 Å². The first-order valence-corrected chi connectivity index (χ1v) is 11.3. The van der Waals surface area contributed by atoms with E-state index in [1.54, 1.807) is 6.33 Å². The van der Waals surface area contributed by atoms with Crippen molar-refractivity contribution < 1.29 is 0 Å². The maximum atomic E-state index is 4.81. The number of likely N-dealkylation sites (tertiary alicyclic amines) is 1. The van der Waals surface area contributed by atoms with Gasteiger partial charge in [-0.2, -0.15) is 0 Å². The summed E-state index contributed by atoms with van der Waals surface area (Å²) in [6, 6.07) is 11.2. The van der Waals surface area contributed by atoms with Crippen LogP contribution in [-0.4, -0.2) is 58.3 Å². The van der Waals surface area contributed by atoms with Crippen LogP contribution in [0.3, 0.4) is 0 Å². The molecule has 1 atom stereocenters. The zero-order valence-corrected chi connectivity index (χ0v) is 21.5. The van der Waals surface area contributed by atoms with Gasteiger partial charge in [0, 0.05) is 32.6 Å². The Kier molecular flexibility index (Phi) is 11.3. The highest BCUT2D eigenvalue weighted by Crippen LogP contribution is 2.24. The molecule has 1 fully saturated rings. The molecule has 1 aliphatic rings. The third-order valence-electron chi connectivity index (χ3n) is 5.50. The third-order valence-corrected chi connectivity index (χ3v) is 5.50. The van der Waals surface area contributed by atoms with Crippen LogP contribution in [0, 0.1) is 5.92 Å². The zero-order chi connectivity index (χ0) is 21.2. The summed E-state index contributed by atoms with van der Waals surface area (Å²) in [5.74, 6) is 2.43. The van der Waals surface area contributed by atoms with E-state index in [0.717, 1.165) is 44.4 Å². The van der Waals surface area contributed by atoms with Gasteiger partial charge in [0.1, 0.15) is 12.2 Å². The van der Waals surface area contributed by atoms with E-state index in [1.165, 1.54) is 31.5 Å². The SMILES string of the molecule is CCc1nncn1CCNC(=NCC(C)C)NCC(c1ccccc1)N1CCCC1.I. The van der Waals surface area contributed by atoms with Crippen LogP contribution in [0.2, 0.25) is 0 Å². The first-order chi connectivity index (χ1) is 14.7. The van der Waals surface area contributed by atoms with Crippen molar-refractivity contribution in [2.45, 2.75) is 52.6 Å². The van der Waals surface area contributed by atoms with Crippen molar-refractivity contribution in [2.24, 2.45) is 10.9 Å². The number of guanidine groups is 1. The summed E-state index contributed by atoms with van der Waals surface area (Å²) in [6.45, 7) is 12.1. The Balaban J connectivity index is 0.00000341. The maximum Gasteiger partial charge on any atom is 0.191 e. The van der Waals surface area contributed by atoms with Crippen molar-refractivity contribution >= 4 is 29.9 Å². The van der Waals surface area contributed by atoms with Crippen LogP contribution in [0.1, 0.15) is 51.0 Å². The minimum Gasteiger partial charge on any atom is -0.355 e. The van der Waals surface area contributed by atoms with E-state index in [-0.39, 0.29) is 24.0 Å². The highest BCUT2D eigenvalue weighted by atomic mass is 127. The van der Waals surface area contributed by atoms with Crippen molar-refractivity contribution in [3.05, 3.63) is 48.0 Å². The summed E-state index contributed by atoms with van der Waals surface area (Å²) in [6.07, 6.45) is 5.27. The fourth-order valence-electron chi connectivity index (χ4n) is 3.86. The summed E-state index contributed by atoms with van der Waals surface area (Å²) in [4.78, 5) is 7.40. The molecule has 1 saturated heterocycles. The smallest absolute Gasteiger partial charge is 0.191 e. The van der Waals surface area contributed by atoms with E-state index in [0.29, 0.717) is 12.0 Å². The second kappa shape index (κ2) is 13.7. The van der Waals surface area contributed by atoms with Gasteiger partial charge in [0.25, 0.3) is 0 Å². The van der Waals surface area contributed by atoms with Crippen LogP contribution in [-0.2, 0) is 13.0 Å². The Morgan fingerprint density at radius 1 is 1.13 bits per heavy atom. The van der Waals surface area contributed by atoms with E-state index in [9.17, 15) is 0 Å². The average molecular weight is 540 g/mol. The molecular weight excluding hydrogens is 501 g/mol. The largest absolute Gasteiger partial charge is 0.355 e. The minimum absolute atomic E-state index is 0. The summed E-state index contributed by atoms with van der Waals surface area (Å²) < 4.78 is 2.10. The molecule has 1 aromatic carbocycles. The molecule has 0 radical (unpaired) electrons. The first-order valence-electron chi connectivity index (χ1n) is 11.3. The van der Waals surface area contributed by atoms with Gasteiger partial charge in [-0.15, -0.1) is 34.2 Å². The Labute approximate surface area is 204 Å². The molecular formula is C23H38IN7. The number of aromatic nitrogens is 3. The number of halogens is 1. The van der Waals surface area contributed by atoms with Gasteiger partial charge < -0.3 is 15.2 Å². The lowest BCUT2D eigenvalue weighted by atomic mass is 10.1. The average Bonchev–Trinajstić information content (AvgIpc) is 3.44. The number of aryl methyl sites for hydroxylation is 1. The number of rotatable bonds is 10. The van der Waals surface area contributed by atoms with E-state index < -0.39 is 0 Å². The van der Waals surface area contributed by atoms with Crippen molar-refractivity contribution in [3.63, 3.8) is 0 Å². The Hall–Kier alpha value is -1.68. The molecule has 2 aromatic rings. The van der Waals surface area contributed by atoms with Gasteiger partial charge >= 0.3 is 0 Å². The summed E-state index contributed by atoms with van der Waals surface area (Å²) in [7, 11) is 0. The third kappa shape index (κ3) is 8.07. The second-order valence-corrected chi connectivity index (χ2v) is 8.35. The standard InChI is InChI=1S/C23H37N7.HI/c1-4-22-28-27-18-30(22)15-12-24-23(25-16-19(2)3)26-17-21(29-13-8-9-14-29)20-10-6-5-7-11-20;/h5-7,10-11,18-19,21H,4,8-9,12-17H2,1-3H3,(H2,24,25,26);1H. The van der Waals surface area contributed by atoms with Gasteiger partial charge in [-0.05, 0) is 37.4 Å². The number of hydrogen-bond acceptors (Lipinski definition) is 4. The highest BCUT2D eigenvalue weighted by molar-refractivity contribution is 14.0. The van der Waals surface area contributed by atoms with E-state index >= 15 is 0 Å².